The van der Waals surface area contributed by atoms with Gasteiger partial charge in [-0.3, -0.25) is 0 Å². The number of halogens is 2. The molecule has 78 valence electrons. The Morgan fingerprint density at radius 1 is 1.00 bits per heavy atom. The highest BCUT2D eigenvalue weighted by molar-refractivity contribution is 6.78. The molecule has 0 unspecified atom stereocenters. The summed E-state index contributed by atoms with van der Waals surface area (Å²) in [5.74, 6) is 0. The summed E-state index contributed by atoms with van der Waals surface area (Å²) in [7, 11) is -2.48. The first kappa shape index (κ1) is 11.4. The molecule has 0 saturated heterocycles. The zero-order chi connectivity index (χ0) is 11.0. The van der Waals surface area contributed by atoms with Crippen LogP contribution in [-0.4, -0.2) is 8.07 Å². The minimum Gasteiger partial charge on any atom is -0.207 e. The monoisotopic (exact) mass is 214 g/mol. The molecule has 0 amide bonds. The van der Waals surface area contributed by atoms with Crippen molar-refractivity contribution in [1.29, 1.82) is 0 Å². The van der Waals surface area contributed by atoms with Gasteiger partial charge in [-0.25, -0.2) is 8.78 Å². The summed E-state index contributed by atoms with van der Waals surface area (Å²) in [6, 6.07) is 6.55. The molecule has 0 N–H and O–H groups in total. The summed E-state index contributed by atoms with van der Waals surface area (Å²) in [5.41, 5.74) is -1.47. The van der Waals surface area contributed by atoms with Gasteiger partial charge in [-0.1, -0.05) is 49.5 Å². The predicted octanol–water partition coefficient (Wildman–Crippen LogP) is 3.96. The maximum Gasteiger partial charge on any atom is 0.253 e. The molecule has 14 heavy (non-hydrogen) atoms. The highest BCUT2D eigenvalue weighted by Gasteiger charge is 2.45. The molecule has 1 aromatic carbocycles. The maximum atomic E-state index is 13.9. The minimum atomic E-state index is -2.64. The van der Waals surface area contributed by atoms with Crippen LogP contribution in [0.5, 0.6) is 0 Å². The molecule has 0 bridgehead atoms. The smallest absolute Gasteiger partial charge is 0.207 e. The van der Waals surface area contributed by atoms with Crippen molar-refractivity contribution in [2.45, 2.75) is 32.1 Å². The second-order valence-corrected chi connectivity index (χ2v) is 9.82. The molecule has 0 heterocycles. The number of hydrogen-bond acceptors (Lipinski definition) is 0. The van der Waals surface area contributed by atoms with Crippen molar-refractivity contribution in [1.82, 2.24) is 0 Å². The molecule has 0 atom stereocenters. The van der Waals surface area contributed by atoms with Crippen LogP contribution in [0, 0.1) is 6.92 Å². The molecule has 0 aliphatic heterocycles. The van der Waals surface area contributed by atoms with Crippen molar-refractivity contribution in [3.8, 4) is 0 Å². The van der Waals surface area contributed by atoms with Crippen LogP contribution in [0.25, 0.3) is 0 Å². The molecule has 0 fully saturated rings. The standard InChI is InChI=1S/C11H16F2Si/c1-9-5-7-10(8-6-9)11(12,13)14(2,3)4/h5-8H,1-4H3. The lowest BCUT2D eigenvalue weighted by Crippen LogP contribution is -2.42. The second-order valence-electron chi connectivity index (χ2n) is 4.69. The number of aryl methyl sites for hydroxylation is 1. The van der Waals surface area contributed by atoms with E-state index in [-0.39, 0.29) is 5.56 Å². The lowest BCUT2D eigenvalue weighted by atomic mass is 10.1. The van der Waals surface area contributed by atoms with Crippen LogP contribution in [0.4, 0.5) is 8.78 Å². The fourth-order valence-corrected chi connectivity index (χ4v) is 2.23. The fourth-order valence-electron chi connectivity index (χ4n) is 1.20. The van der Waals surface area contributed by atoms with Crippen molar-refractivity contribution in [2.75, 3.05) is 0 Å². The molecular formula is C11H16F2Si. The zero-order valence-corrected chi connectivity index (χ0v) is 10.1. The van der Waals surface area contributed by atoms with Crippen LogP contribution in [0.3, 0.4) is 0 Å². The Morgan fingerprint density at radius 2 is 1.43 bits per heavy atom. The third-order valence-corrected chi connectivity index (χ3v) is 4.53. The van der Waals surface area contributed by atoms with Gasteiger partial charge >= 0.3 is 0 Å². The van der Waals surface area contributed by atoms with E-state index in [4.69, 9.17) is 0 Å². The Morgan fingerprint density at radius 3 is 1.79 bits per heavy atom. The van der Waals surface area contributed by atoms with Crippen LogP contribution in [0.2, 0.25) is 19.6 Å². The van der Waals surface area contributed by atoms with Gasteiger partial charge in [0.1, 0.15) is 8.07 Å². The molecule has 0 nitrogen and oxygen atoms in total. The first-order valence-corrected chi connectivity index (χ1v) is 8.20. The predicted molar refractivity (Wildman–Crippen MR) is 58.4 cm³/mol. The molecule has 0 aliphatic carbocycles. The summed E-state index contributed by atoms with van der Waals surface area (Å²) in [4.78, 5) is 0. The van der Waals surface area contributed by atoms with Gasteiger partial charge < -0.3 is 0 Å². The van der Waals surface area contributed by atoms with E-state index >= 15 is 0 Å². The summed E-state index contributed by atoms with van der Waals surface area (Å²) >= 11 is 0. The molecule has 0 spiro atoms. The number of benzene rings is 1. The van der Waals surface area contributed by atoms with Gasteiger partial charge in [0.2, 0.25) is 0 Å². The molecule has 1 aromatic rings. The quantitative estimate of drug-likeness (QED) is 0.654. The van der Waals surface area contributed by atoms with Crippen LogP contribution >= 0.6 is 0 Å². The van der Waals surface area contributed by atoms with E-state index in [1.165, 1.54) is 12.1 Å². The van der Waals surface area contributed by atoms with Gasteiger partial charge in [0.15, 0.2) is 0 Å². The maximum absolute atomic E-state index is 13.9. The van der Waals surface area contributed by atoms with E-state index in [1.807, 2.05) is 6.92 Å². The van der Waals surface area contributed by atoms with E-state index in [2.05, 4.69) is 0 Å². The molecule has 0 saturated carbocycles. The number of alkyl halides is 2. The van der Waals surface area contributed by atoms with E-state index in [0.717, 1.165) is 5.56 Å². The largest absolute Gasteiger partial charge is 0.253 e. The molecule has 0 radical (unpaired) electrons. The second kappa shape index (κ2) is 3.46. The fraction of sp³-hybridized carbons (Fsp3) is 0.455. The van der Waals surface area contributed by atoms with Crippen molar-refractivity contribution in [3.63, 3.8) is 0 Å². The average Bonchev–Trinajstić information content (AvgIpc) is 2.03. The van der Waals surface area contributed by atoms with Gasteiger partial charge in [-0.05, 0) is 6.92 Å². The molecule has 0 aliphatic rings. The Kier molecular flexibility index (Phi) is 2.81. The Labute approximate surface area is 85.0 Å². The third kappa shape index (κ3) is 2.03. The highest BCUT2D eigenvalue weighted by Crippen LogP contribution is 2.37. The summed E-state index contributed by atoms with van der Waals surface area (Å²) < 4.78 is 27.7. The summed E-state index contributed by atoms with van der Waals surface area (Å²) in [6.07, 6.45) is 0. The van der Waals surface area contributed by atoms with Gasteiger partial charge in [-0.15, -0.1) is 0 Å². The van der Waals surface area contributed by atoms with Crippen molar-refractivity contribution < 1.29 is 8.78 Å². The van der Waals surface area contributed by atoms with Gasteiger partial charge in [-0.2, -0.15) is 0 Å². The topological polar surface area (TPSA) is 0 Å². The first-order chi connectivity index (χ1) is 6.25. The van der Waals surface area contributed by atoms with E-state index < -0.39 is 13.6 Å². The minimum absolute atomic E-state index is 0.155. The highest BCUT2D eigenvalue weighted by atomic mass is 28.3. The molecule has 1 rings (SSSR count). The lowest BCUT2D eigenvalue weighted by Gasteiger charge is -2.28. The Hall–Kier alpha value is -0.703. The normalized spacial score (nSPS) is 13.0. The van der Waals surface area contributed by atoms with Crippen LogP contribution in [0.15, 0.2) is 24.3 Å². The average molecular weight is 214 g/mol. The summed E-state index contributed by atoms with van der Waals surface area (Å²) in [6.45, 7) is 6.96. The lowest BCUT2D eigenvalue weighted by molar-refractivity contribution is 0.0795. The number of rotatable bonds is 2. The first-order valence-electron chi connectivity index (χ1n) is 4.70. The Balaban J connectivity index is 3.10. The third-order valence-electron chi connectivity index (χ3n) is 2.36. The van der Waals surface area contributed by atoms with E-state index in [9.17, 15) is 8.78 Å². The van der Waals surface area contributed by atoms with E-state index in [1.54, 1.807) is 31.8 Å². The van der Waals surface area contributed by atoms with Crippen molar-refractivity contribution in [3.05, 3.63) is 35.4 Å². The van der Waals surface area contributed by atoms with Crippen LogP contribution in [-0.2, 0) is 5.55 Å². The number of hydrogen-bond donors (Lipinski definition) is 0. The summed E-state index contributed by atoms with van der Waals surface area (Å²) in [5, 5.41) is 0. The van der Waals surface area contributed by atoms with Crippen molar-refractivity contribution in [2.24, 2.45) is 0 Å². The zero-order valence-electron chi connectivity index (χ0n) is 9.07. The van der Waals surface area contributed by atoms with Gasteiger partial charge in [0.05, 0.1) is 0 Å². The Bertz CT molecular complexity index is 309. The molecular weight excluding hydrogens is 198 g/mol. The molecule has 0 aromatic heterocycles. The van der Waals surface area contributed by atoms with E-state index in [0.29, 0.717) is 0 Å². The van der Waals surface area contributed by atoms with Crippen LogP contribution in [0.1, 0.15) is 11.1 Å². The van der Waals surface area contributed by atoms with Crippen LogP contribution < -0.4 is 0 Å². The SMILES string of the molecule is Cc1ccc(C(F)(F)[Si](C)(C)C)cc1. The molecule has 3 heteroatoms. The van der Waals surface area contributed by atoms with Crippen molar-refractivity contribution >= 4 is 8.07 Å². The van der Waals surface area contributed by atoms with Gasteiger partial charge in [0, 0.05) is 5.56 Å². The van der Waals surface area contributed by atoms with Gasteiger partial charge in [0.25, 0.3) is 5.55 Å².